The molecule has 0 saturated heterocycles. The molecule has 1 saturated carbocycles. The van der Waals surface area contributed by atoms with Gasteiger partial charge in [0.05, 0.1) is 17.6 Å². The quantitative estimate of drug-likeness (QED) is 0.838. The molecule has 0 bridgehead atoms. The van der Waals surface area contributed by atoms with Crippen LogP contribution in [0.5, 0.6) is 0 Å². The van der Waals surface area contributed by atoms with Crippen LogP contribution in [0.2, 0.25) is 0 Å². The molecule has 106 valence electrons. The van der Waals surface area contributed by atoms with E-state index in [9.17, 15) is 13.2 Å². The van der Waals surface area contributed by atoms with Crippen molar-refractivity contribution in [3.8, 4) is 5.69 Å². The summed E-state index contributed by atoms with van der Waals surface area (Å²) >= 11 is 3.82. The molecule has 1 aromatic heterocycles. The summed E-state index contributed by atoms with van der Waals surface area (Å²) in [7, 11) is 0. The topological polar surface area (TPSA) is 29.9 Å². The number of hydrogen-bond donors (Lipinski definition) is 2. The minimum absolute atomic E-state index is 0.292. The van der Waals surface area contributed by atoms with Crippen LogP contribution in [0.15, 0.2) is 30.7 Å². The molecular weight excluding hydrogens is 287 g/mol. The van der Waals surface area contributed by atoms with Gasteiger partial charge in [-0.2, -0.15) is 13.2 Å². The first-order valence-electron chi connectivity index (χ1n) is 6.14. The number of thiol groups is 1. The lowest BCUT2D eigenvalue weighted by molar-refractivity contribution is -0.137. The van der Waals surface area contributed by atoms with Crippen LogP contribution < -0.4 is 4.72 Å². The highest BCUT2D eigenvalue weighted by Gasteiger charge is 2.31. The van der Waals surface area contributed by atoms with Crippen LogP contribution in [-0.2, 0) is 6.18 Å². The number of hydrogen-bond acceptors (Lipinski definition) is 3. The molecule has 1 aliphatic rings. The van der Waals surface area contributed by atoms with Crippen LogP contribution in [0.25, 0.3) is 5.69 Å². The third kappa shape index (κ3) is 2.63. The lowest BCUT2D eigenvalue weighted by Gasteiger charge is -2.12. The van der Waals surface area contributed by atoms with E-state index in [0.29, 0.717) is 17.3 Å². The van der Waals surface area contributed by atoms with Crippen LogP contribution in [0.4, 0.5) is 18.9 Å². The Morgan fingerprint density at radius 1 is 1.25 bits per heavy atom. The third-order valence-corrected chi connectivity index (χ3v) is 3.53. The van der Waals surface area contributed by atoms with Gasteiger partial charge in [0.15, 0.2) is 0 Å². The van der Waals surface area contributed by atoms with Gasteiger partial charge in [-0.3, -0.25) is 0 Å². The Morgan fingerprint density at radius 3 is 2.60 bits per heavy atom. The van der Waals surface area contributed by atoms with E-state index < -0.39 is 11.7 Å². The summed E-state index contributed by atoms with van der Waals surface area (Å²) in [5.41, 5.74) is 0.923. The number of imidazole rings is 1. The van der Waals surface area contributed by atoms with Crippen molar-refractivity contribution < 1.29 is 13.2 Å². The predicted octanol–water partition coefficient (Wildman–Crippen LogP) is 4.03. The smallest absolute Gasteiger partial charge is 0.332 e. The standard InChI is InChI=1S/C13H12F3N3S/c14-13(15,16)9-3-10(18-20)5-11(4-9)19-6-12(17-7-19)8-1-2-8/h3-8,18,20H,1-2H2. The van der Waals surface area contributed by atoms with Crippen molar-refractivity contribution in [2.24, 2.45) is 0 Å². The fourth-order valence-corrected chi connectivity index (χ4v) is 2.19. The van der Waals surface area contributed by atoms with Gasteiger partial charge in [0, 0.05) is 23.5 Å². The molecule has 3 nitrogen and oxygen atoms in total. The summed E-state index contributed by atoms with van der Waals surface area (Å²) in [6.45, 7) is 0. The Kier molecular flexibility index (Phi) is 3.16. The number of halogens is 3. The molecule has 0 spiro atoms. The number of benzene rings is 1. The molecule has 1 aromatic carbocycles. The van der Waals surface area contributed by atoms with Crippen molar-refractivity contribution in [2.45, 2.75) is 24.9 Å². The molecule has 0 aliphatic heterocycles. The summed E-state index contributed by atoms with van der Waals surface area (Å²) in [6, 6.07) is 3.73. The summed E-state index contributed by atoms with van der Waals surface area (Å²) in [6.07, 6.45) is 1.14. The molecule has 0 atom stereocenters. The zero-order chi connectivity index (χ0) is 14.3. The highest BCUT2D eigenvalue weighted by molar-refractivity contribution is 7.81. The van der Waals surface area contributed by atoms with Crippen LogP contribution >= 0.6 is 12.8 Å². The van der Waals surface area contributed by atoms with Gasteiger partial charge in [-0.25, -0.2) is 4.98 Å². The maximum Gasteiger partial charge on any atom is 0.416 e. The molecule has 1 aliphatic carbocycles. The molecule has 0 radical (unpaired) electrons. The van der Waals surface area contributed by atoms with Crippen molar-refractivity contribution in [1.29, 1.82) is 0 Å². The van der Waals surface area contributed by atoms with Gasteiger partial charge >= 0.3 is 6.18 Å². The van der Waals surface area contributed by atoms with Crippen molar-refractivity contribution >= 4 is 18.5 Å². The number of aromatic nitrogens is 2. The average Bonchev–Trinajstić information content (AvgIpc) is 3.15. The minimum Gasteiger partial charge on any atom is -0.332 e. The molecule has 1 fully saturated rings. The van der Waals surface area contributed by atoms with Gasteiger partial charge < -0.3 is 9.29 Å². The fourth-order valence-electron chi connectivity index (χ4n) is 2.06. The molecule has 3 rings (SSSR count). The van der Waals surface area contributed by atoms with E-state index >= 15 is 0 Å². The molecule has 1 heterocycles. The Labute approximate surface area is 119 Å². The van der Waals surface area contributed by atoms with Crippen molar-refractivity contribution in [3.05, 3.63) is 42.0 Å². The molecular formula is C13H12F3N3S. The lowest BCUT2D eigenvalue weighted by Crippen LogP contribution is -2.06. The largest absolute Gasteiger partial charge is 0.416 e. The lowest BCUT2D eigenvalue weighted by atomic mass is 10.1. The van der Waals surface area contributed by atoms with E-state index in [4.69, 9.17) is 0 Å². The minimum atomic E-state index is -4.39. The van der Waals surface area contributed by atoms with E-state index in [2.05, 4.69) is 22.5 Å². The average molecular weight is 299 g/mol. The molecule has 20 heavy (non-hydrogen) atoms. The second kappa shape index (κ2) is 4.73. The van der Waals surface area contributed by atoms with Gasteiger partial charge in [0.25, 0.3) is 0 Å². The van der Waals surface area contributed by atoms with Gasteiger partial charge in [-0.1, -0.05) is 12.8 Å². The predicted molar refractivity (Wildman–Crippen MR) is 73.1 cm³/mol. The normalized spacial score (nSPS) is 15.4. The molecule has 1 N–H and O–H groups in total. The number of alkyl halides is 3. The van der Waals surface area contributed by atoms with Crippen LogP contribution in [0.1, 0.15) is 30.0 Å². The Hall–Kier alpha value is -1.63. The van der Waals surface area contributed by atoms with E-state index in [1.807, 2.05) is 0 Å². The van der Waals surface area contributed by atoms with Crippen LogP contribution in [0, 0.1) is 0 Å². The van der Waals surface area contributed by atoms with Gasteiger partial charge in [-0.15, -0.1) is 0 Å². The van der Waals surface area contributed by atoms with E-state index in [0.717, 1.165) is 30.7 Å². The molecule has 0 unspecified atom stereocenters. The first-order chi connectivity index (χ1) is 9.47. The Bertz CT molecular complexity index is 632. The zero-order valence-corrected chi connectivity index (χ0v) is 11.2. The number of anilines is 1. The maximum absolute atomic E-state index is 12.9. The molecule has 2 aromatic rings. The summed E-state index contributed by atoms with van der Waals surface area (Å²) in [5, 5.41) is 0. The number of rotatable bonds is 3. The molecule has 7 heteroatoms. The highest BCUT2D eigenvalue weighted by Crippen LogP contribution is 2.39. The van der Waals surface area contributed by atoms with Gasteiger partial charge in [0.1, 0.15) is 0 Å². The molecule has 0 amide bonds. The summed E-state index contributed by atoms with van der Waals surface area (Å²) in [4.78, 5) is 4.24. The van der Waals surface area contributed by atoms with E-state index in [-0.39, 0.29) is 0 Å². The SMILES string of the molecule is FC(F)(F)c1cc(NS)cc(-n2cnc(C3CC3)c2)c1. The highest BCUT2D eigenvalue weighted by atomic mass is 32.1. The van der Waals surface area contributed by atoms with Crippen molar-refractivity contribution in [1.82, 2.24) is 9.55 Å². The summed E-state index contributed by atoms with van der Waals surface area (Å²) < 4.78 is 42.7. The van der Waals surface area contributed by atoms with Gasteiger partial charge in [0.2, 0.25) is 0 Å². The maximum atomic E-state index is 12.9. The first kappa shape index (κ1) is 13.4. The first-order valence-corrected chi connectivity index (χ1v) is 6.59. The van der Waals surface area contributed by atoms with Crippen LogP contribution in [0.3, 0.4) is 0 Å². The van der Waals surface area contributed by atoms with Crippen molar-refractivity contribution in [2.75, 3.05) is 4.72 Å². The monoisotopic (exact) mass is 299 g/mol. The second-order valence-electron chi connectivity index (χ2n) is 4.86. The Morgan fingerprint density at radius 2 is 2.00 bits per heavy atom. The van der Waals surface area contributed by atoms with E-state index in [1.54, 1.807) is 23.2 Å². The van der Waals surface area contributed by atoms with E-state index in [1.165, 1.54) is 0 Å². The van der Waals surface area contributed by atoms with Gasteiger partial charge in [-0.05, 0) is 31.0 Å². The third-order valence-electron chi connectivity index (χ3n) is 3.27. The number of nitrogens with zero attached hydrogens (tertiary/aromatic N) is 2. The number of nitrogens with one attached hydrogen (secondary N) is 1. The van der Waals surface area contributed by atoms with Crippen LogP contribution in [-0.4, -0.2) is 9.55 Å². The zero-order valence-electron chi connectivity index (χ0n) is 10.4. The van der Waals surface area contributed by atoms with Crippen molar-refractivity contribution in [3.63, 3.8) is 0 Å². The Balaban J connectivity index is 2.02. The summed E-state index contributed by atoms with van der Waals surface area (Å²) in [5.74, 6) is 0.463. The second-order valence-corrected chi connectivity index (χ2v) is 5.08. The fraction of sp³-hybridized carbons (Fsp3) is 0.308.